The van der Waals surface area contributed by atoms with Crippen LogP contribution in [0.4, 0.5) is 0 Å². The maximum atomic E-state index is 10.8. The molecule has 3 heteroatoms. The van der Waals surface area contributed by atoms with E-state index in [0.717, 1.165) is 18.5 Å². The van der Waals surface area contributed by atoms with Crippen LogP contribution >= 0.6 is 0 Å². The van der Waals surface area contributed by atoms with Crippen molar-refractivity contribution in [3.05, 3.63) is 22.2 Å². The molecule has 0 spiro atoms. The first-order valence-electron chi connectivity index (χ1n) is 3.47. The summed E-state index contributed by atoms with van der Waals surface area (Å²) in [4.78, 5) is 10.8. The van der Waals surface area contributed by atoms with Gasteiger partial charge in [0, 0.05) is 6.20 Å². The Labute approximate surface area is 59.2 Å². The van der Waals surface area contributed by atoms with Crippen molar-refractivity contribution >= 4 is 0 Å². The average molecular weight is 141 g/mol. The fourth-order valence-corrected chi connectivity index (χ4v) is 0.809. The second kappa shape index (κ2) is 2.73. The number of hydrogen-bond donors (Lipinski definition) is 0. The van der Waals surface area contributed by atoms with Gasteiger partial charge in [-0.25, -0.2) is 9.53 Å². The van der Waals surface area contributed by atoms with Gasteiger partial charge in [-0.15, -0.1) is 0 Å². The van der Waals surface area contributed by atoms with E-state index in [2.05, 4.69) is 0 Å². The van der Waals surface area contributed by atoms with Crippen LogP contribution in [0.15, 0.2) is 15.5 Å². The van der Waals surface area contributed by atoms with Crippen LogP contribution in [0, 0.1) is 0 Å². The van der Waals surface area contributed by atoms with Gasteiger partial charge in [0.05, 0.1) is 12.1 Å². The molecule has 1 heterocycles. The number of nitrogens with zero attached hydrogens (tertiary/aromatic N) is 1. The van der Waals surface area contributed by atoms with E-state index in [4.69, 9.17) is 4.52 Å². The third-order valence-electron chi connectivity index (χ3n) is 1.45. The predicted octanol–water partition coefficient (Wildman–Crippen LogP) is 1.02. The molecule has 1 aromatic rings. The van der Waals surface area contributed by atoms with Gasteiger partial charge in [-0.3, -0.25) is 0 Å². The molecule has 0 fully saturated rings. The lowest BCUT2D eigenvalue weighted by atomic mass is 10.3. The van der Waals surface area contributed by atoms with E-state index >= 15 is 0 Å². The van der Waals surface area contributed by atoms with Gasteiger partial charge in [0.1, 0.15) is 0 Å². The molecule has 0 bridgehead atoms. The van der Waals surface area contributed by atoms with E-state index in [1.54, 1.807) is 10.9 Å². The van der Waals surface area contributed by atoms with Gasteiger partial charge in [-0.2, -0.15) is 0 Å². The summed E-state index contributed by atoms with van der Waals surface area (Å²) in [6.45, 7) is 4.59. The smallest absolute Gasteiger partial charge is 0.336 e. The maximum Gasteiger partial charge on any atom is 0.360 e. The molecule has 0 amide bonds. The van der Waals surface area contributed by atoms with Gasteiger partial charge in [-0.05, 0) is 13.3 Å². The molecular weight excluding hydrogens is 130 g/mol. The first kappa shape index (κ1) is 7.12. The Hall–Kier alpha value is -0.990. The quantitative estimate of drug-likeness (QED) is 0.616. The van der Waals surface area contributed by atoms with Crippen molar-refractivity contribution in [2.45, 2.75) is 26.8 Å². The lowest BCUT2D eigenvalue weighted by Crippen LogP contribution is -1.98. The second-order valence-electron chi connectivity index (χ2n) is 2.12. The minimum absolute atomic E-state index is 0.204. The first-order chi connectivity index (χ1) is 4.77. The second-order valence-corrected chi connectivity index (χ2v) is 2.12. The fraction of sp³-hybridized carbons (Fsp3) is 0.571. The summed E-state index contributed by atoms with van der Waals surface area (Å²) >= 11 is 0. The van der Waals surface area contributed by atoms with Crippen LogP contribution in [0.2, 0.25) is 0 Å². The summed E-state index contributed by atoms with van der Waals surface area (Å²) in [7, 11) is 0. The van der Waals surface area contributed by atoms with Crippen molar-refractivity contribution in [3.8, 4) is 0 Å². The highest BCUT2D eigenvalue weighted by Crippen LogP contribution is 1.93. The summed E-state index contributed by atoms with van der Waals surface area (Å²) in [6, 6.07) is 0. The van der Waals surface area contributed by atoms with Gasteiger partial charge < -0.3 is 4.52 Å². The first-order valence-corrected chi connectivity index (χ1v) is 3.47. The van der Waals surface area contributed by atoms with Crippen LogP contribution in [0.3, 0.4) is 0 Å². The maximum absolute atomic E-state index is 10.8. The molecule has 0 aliphatic heterocycles. The van der Waals surface area contributed by atoms with Crippen LogP contribution in [-0.4, -0.2) is 4.74 Å². The van der Waals surface area contributed by atoms with Crippen LogP contribution in [0.5, 0.6) is 0 Å². The zero-order valence-electron chi connectivity index (χ0n) is 6.26. The topological polar surface area (TPSA) is 35.1 Å². The number of hydrogen-bond acceptors (Lipinski definition) is 2. The molecule has 0 unspecified atom stereocenters. The van der Waals surface area contributed by atoms with Gasteiger partial charge in [0.25, 0.3) is 0 Å². The van der Waals surface area contributed by atoms with Crippen molar-refractivity contribution in [2.75, 3.05) is 0 Å². The number of aromatic nitrogens is 1. The Kier molecular flexibility index (Phi) is 1.94. The molecule has 3 nitrogen and oxygen atoms in total. The largest absolute Gasteiger partial charge is 0.360 e. The van der Waals surface area contributed by atoms with Gasteiger partial charge >= 0.3 is 5.63 Å². The van der Waals surface area contributed by atoms with E-state index < -0.39 is 0 Å². The van der Waals surface area contributed by atoms with Crippen molar-refractivity contribution in [2.24, 2.45) is 0 Å². The molecule has 0 N–H and O–H groups in total. The van der Waals surface area contributed by atoms with E-state index in [0.29, 0.717) is 0 Å². The summed E-state index contributed by atoms with van der Waals surface area (Å²) in [5.74, 6) is 0. The van der Waals surface area contributed by atoms with Crippen molar-refractivity contribution in [1.29, 1.82) is 0 Å². The minimum atomic E-state index is -0.204. The summed E-state index contributed by atoms with van der Waals surface area (Å²) < 4.78 is 6.36. The molecule has 0 aromatic carbocycles. The molecule has 56 valence electrons. The zero-order valence-corrected chi connectivity index (χ0v) is 6.26. The molecule has 10 heavy (non-hydrogen) atoms. The molecule has 0 aliphatic rings. The van der Waals surface area contributed by atoms with Crippen LogP contribution < -0.4 is 5.63 Å². The molecular formula is C7H11NO2. The molecule has 1 rings (SSSR count). The third-order valence-corrected chi connectivity index (χ3v) is 1.45. The third kappa shape index (κ3) is 1.12. The molecule has 0 atom stereocenters. The fourth-order valence-electron chi connectivity index (χ4n) is 0.809. The van der Waals surface area contributed by atoms with E-state index in [-0.39, 0.29) is 5.63 Å². The molecule has 0 saturated heterocycles. The summed E-state index contributed by atoms with van der Waals surface area (Å²) in [6.07, 6.45) is 2.50. The van der Waals surface area contributed by atoms with Crippen molar-refractivity contribution in [3.63, 3.8) is 0 Å². The minimum Gasteiger partial charge on any atom is -0.336 e. The Morgan fingerprint density at radius 2 is 2.30 bits per heavy atom. The molecule has 0 saturated carbocycles. The van der Waals surface area contributed by atoms with E-state index in [1.165, 1.54) is 0 Å². The molecule has 1 aromatic heterocycles. The Morgan fingerprint density at radius 1 is 1.60 bits per heavy atom. The highest BCUT2D eigenvalue weighted by Gasteiger charge is 2.01. The zero-order chi connectivity index (χ0) is 7.56. The van der Waals surface area contributed by atoms with Gasteiger partial charge in [0.15, 0.2) is 0 Å². The highest BCUT2D eigenvalue weighted by atomic mass is 16.5. The van der Waals surface area contributed by atoms with Crippen LogP contribution in [0.1, 0.15) is 19.4 Å². The molecule has 0 aliphatic carbocycles. The van der Waals surface area contributed by atoms with Crippen LogP contribution in [0.25, 0.3) is 0 Å². The Morgan fingerprint density at radius 3 is 2.60 bits per heavy atom. The predicted molar refractivity (Wildman–Crippen MR) is 38.0 cm³/mol. The van der Waals surface area contributed by atoms with E-state index in [1.807, 2.05) is 13.8 Å². The Balaban J connectivity index is 3.04. The Bertz CT molecular complexity index is 259. The van der Waals surface area contributed by atoms with Crippen LogP contribution in [-0.2, 0) is 13.0 Å². The highest BCUT2D eigenvalue weighted by molar-refractivity contribution is 5.00. The summed E-state index contributed by atoms with van der Waals surface area (Å²) in [5, 5.41) is 0. The van der Waals surface area contributed by atoms with Gasteiger partial charge in [-0.1, -0.05) is 6.92 Å². The van der Waals surface area contributed by atoms with Gasteiger partial charge in [0.2, 0.25) is 0 Å². The monoisotopic (exact) mass is 141 g/mol. The van der Waals surface area contributed by atoms with Crippen molar-refractivity contribution < 1.29 is 4.52 Å². The standard InChI is InChI=1S/C7H11NO2/c1-3-6-5-8(4-2)10-7(6)9/h5H,3-4H2,1-2H3. The number of aryl methyl sites for hydroxylation is 2. The lowest BCUT2D eigenvalue weighted by Gasteiger charge is -1.87. The average Bonchev–Trinajstić information content (AvgIpc) is 2.30. The SMILES string of the molecule is CCc1cn(CC)oc1=O. The molecule has 0 radical (unpaired) electrons. The van der Waals surface area contributed by atoms with Crippen molar-refractivity contribution in [1.82, 2.24) is 4.74 Å². The normalized spacial score (nSPS) is 10.2. The lowest BCUT2D eigenvalue weighted by molar-refractivity contribution is 0.259. The van der Waals surface area contributed by atoms with E-state index in [9.17, 15) is 4.79 Å². The summed E-state index contributed by atoms with van der Waals surface area (Å²) in [5.41, 5.74) is 0.547. The number of rotatable bonds is 2.